The third-order valence-corrected chi connectivity index (χ3v) is 5.67. The number of aromatic hydroxyl groups is 1. The van der Waals surface area contributed by atoms with Gasteiger partial charge >= 0.3 is 12.1 Å². The van der Waals surface area contributed by atoms with Crippen molar-refractivity contribution >= 4 is 23.9 Å². The Balaban J connectivity index is 2.44. The van der Waals surface area contributed by atoms with Crippen molar-refractivity contribution in [1.29, 1.82) is 0 Å². The minimum Gasteiger partial charge on any atom is -0.508 e. The summed E-state index contributed by atoms with van der Waals surface area (Å²) in [6.07, 6.45) is 4.92. The summed E-state index contributed by atoms with van der Waals surface area (Å²) in [4.78, 5) is 52.8. The summed E-state index contributed by atoms with van der Waals surface area (Å²) in [6.45, 7) is 8.70. The van der Waals surface area contributed by atoms with E-state index in [1.165, 1.54) is 12.1 Å². The Labute approximate surface area is 235 Å². The van der Waals surface area contributed by atoms with Crippen molar-refractivity contribution in [2.45, 2.75) is 65.1 Å². The summed E-state index contributed by atoms with van der Waals surface area (Å²) in [7, 11) is 0. The molecule has 0 saturated carbocycles. The van der Waals surface area contributed by atoms with E-state index in [1.807, 2.05) is 0 Å². The number of alkyl carbamates (subject to hydrolysis) is 1. The number of carbonyl (C=O) groups is 4. The van der Waals surface area contributed by atoms with E-state index < -0.39 is 41.6 Å². The van der Waals surface area contributed by atoms with Crippen LogP contribution in [-0.2, 0) is 30.3 Å². The van der Waals surface area contributed by atoms with Gasteiger partial charge in [-0.15, -0.1) is 0 Å². The second-order valence-corrected chi connectivity index (χ2v) is 10.0. The van der Waals surface area contributed by atoms with Gasteiger partial charge in [0.1, 0.15) is 23.4 Å². The topological polar surface area (TPSA) is 134 Å². The number of amides is 3. The van der Waals surface area contributed by atoms with E-state index in [9.17, 15) is 24.3 Å². The van der Waals surface area contributed by atoms with E-state index in [0.29, 0.717) is 16.7 Å². The fraction of sp³-hybridized carbons (Fsp3) is 0.400. The van der Waals surface area contributed by atoms with Gasteiger partial charge in [-0.1, -0.05) is 42.8 Å². The maximum atomic E-state index is 14.0. The molecule has 0 saturated heterocycles. The lowest BCUT2D eigenvalue weighted by Crippen LogP contribution is -2.52. The van der Waals surface area contributed by atoms with Crippen LogP contribution in [0.4, 0.5) is 4.79 Å². The number of carbonyl (C=O) groups excluding carboxylic acids is 4. The molecular formula is C30H37N3O7. The van der Waals surface area contributed by atoms with Crippen LogP contribution in [0.25, 0.3) is 0 Å². The summed E-state index contributed by atoms with van der Waals surface area (Å²) >= 11 is 0. The lowest BCUT2D eigenvalue weighted by atomic mass is 9.97. The maximum Gasteiger partial charge on any atom is 0.408 e. The Morgan fingerprint density at radius 2 is 1.73 bits per heavy atom. The van der Waals surface area contributed by atoms with Crippen molar-refractivity contribution in [3.05, 3.63) is 65.2 Å². The van der Waals surface area contributed by atoms with Gasteiger partial charge in [0.2, 0.25) is 5.91 Å². The van der Waals surface area contributed by atoms with Crippen LogP contribution in [0.2, 0.25) is 0 Å². The molecule has 2 unspecified atom stereocenters. The number of aryl methyl sites for hydroxylation is 1. The van der Waals surface area contributed by atoms with Crippen molar-refractivity contribution < 1.29 is 33.8 Å². The highest BCUT2D eigenvalue weighted by molar-refractivity contribution is 5.93. The molecule has 2 aromatic rings. The fourth-order valence-corrected chi connectivity index (χ4v) is 3.86. The summed E-state index contributed by atoms with van der Waals surface area (Å²) in [5.74, 6) is -1.77. The second-order valence-electron chi connectivity index (χ2n) is 10.0. The molecule has 0 heterocycles. The van der Waals surface area contributed by atoms with Crippen LogP contribution in [0, 0.1) is 19.4 Å². The lowest BCUT2D eigenvalue weighted by Gasteiger charge is -2.31. The first-order valence-corrected chi connectivity index (χ1v) is 12.9. The molecule has 214 valence electrons. The molecule has 10 heteroatoms. The number of nitrogens with one attached hydrogen (secondary N) is 2. The quantitative estimate of drug-likeness (QED) is 0.221. The highest BCUT2D eigenvalue weighted by Crippen LogP contribution is 2.25. The molecule has 0 fully saturated rings. The van der Waals surface area contributed by atoms with Crippen molar-refractivity contribution in [1.82, 2.24) is 15.5 Å². The number of esters is 1. The second kappa shape index (κ2) is 14.6. The number of phenolic OH excluding ortho intramolecular Hbond substituents is 1. The predicted octanol–water partition coefficient (Wildman–Crippen LogP) is 3.37. The largest absolute Gasteiger partial charge is 0.508 e. The SMILES string of the molecule is C#CN(C(=O)C(Cc1ccc(O)cc1)NC(=O)OC(C)(C)C)C(C(=O)NCCC(=O)OCC)c1ccccc1C. The van der Waals surface area contributed by atoms with Gasteiger partial charge < -0.3 is 25.2 Å². The predicted molar refractivity (Wildman–Crippen MR) is 149 cm³/mol. The van der Waals surface area contributed by atoms with Crippen molar-refractivity contribution in [3.63, 3.8) is 0 Å². The minimum absolute atomic E-state index is 0.00149. The first-order valence-electron chi connectivity index (χ1n) is 12.9. The van der Waals surface area contributed by atoms with E-state index >= 15 is 0 Å². The number of ether oxygens (including phenoxy) is 2. The molecule has 0 bridgehead atoms. The molecule has 0 aliphatic rings. The minimum atomic E-state index is -1.26. The molecule has 3 N–H and O–H groups in total. The number of terminal acetylenes is 1. The van der Waals surface area contributed by atoms with Gasteiger partial charge in [-0.3, -0.25) is 19.3 Å². The number of hydrogen-bond acceptors (Lipinski definition) is 7. The molecule has 40 heavy (non-hydrogen) atoms. The number of benzene rings is 2. The Kier molecular flexibility index (Phi) is 11.6. The first kappa shape index (κ1) is 31.7. The monoisotopic (exact) mass is 551 g/mol. The van der Waals surface area contributed by atoms with Crippen LogP contribution >= 0.6 is 0 Å². The molecule has 0 aliphatic carbocycles. The molecule has 0 radical (unpaired) electrons. The zero-order valence-corrected chi connectivity index (χ0v) is 23.5. The Hall–Kier alpha value is -4.52. The summed E-state index contributed by atoms with van der Waals surface area (Å²) in [6, 6.07) is 12.9. The van der Waals surface area contributed by atoms with Crippen LogP contribution in [0.15, 0.2) is 48.5 Å². The zero-order valence-electron chi connectivity index (χ0n) is 23.5. The van der Waals surface area contributed by atoms with E-state index in [1.54, 1.807) is 71.0 Å². The van der Waals surface area contributed by atoms with Gasteiger partial charge in [0, 0.05) is 19.0 Å². The van der Waals surface area contributed by atoms with Gasteiger partial charge in [-0.2, -0.15) is 0 Å². The molecule has 0 aromatic heterocycles. The Morgan fingerprint density at radius 3 is 2.30 bits per heavy atom. The van der Waals surface area contributed by atoms with Crippen LogP contribution in [-0.4, -0.2) is 58.7 Å². The normalized spacial score (nSPS) is 12.3. The lowest BCUT2D eigenvalue weighted by molar-refractivity contribution is -0.143. The molecule has 2 rings (SSSR count). The Bertz CT molecular complexity index is 1230. The third kappa shape index (κ3) is 9.66. The van der Waals surface area contributed by atoms with Crippen LogP contribution in [0.5, 0.6) is 5.75 Å². The standard InChI is InChI=1S/C30H37N3O7/c1-7-33(26(23-12-10-9-11-20(23)3)27(36)31-18-17-25(35)39-8-2)28(37)24(32-29(38)40-30(4,5)6)19-21-13-15-22(34)16-14-21/h1,9-16,24,26,34H,8,17-19H2,2-6H3,(H,31,36)(H,32,38). The molecule has 10 nitrogen and oxygen atoms in total. The van der Waals surface area contributed by atoms with E-state index in [0.717, 1.165) is 4.90 Å². The van der Waals surface area contributed by atoms with Crippen LogP contribution in [0.1, 0.15) is 56.8 Å². The van der Waals surface area contributed by atoms with Gasteiger partial charge in [0.15, 0.2) is 0 Å². The first-order chi connectivity index (χ1) is 18.9. The molecule has 3 amide bonds. The van der Waals surface area contributed by atoms with E-state index in [-0.39, 0.29) is 31.7 Å². The molecule has 0 aliphatic heterocycles. The van der Waals surface area contributed by atoms with Crippen LogP contribution < -0.4 is 10.6 Å². The molecule has 2 atom stereocenters. The fourth-order valence-electron chi connectivity index (χ4n) is 3.86. The summed E-state index contributed by atoms with van der Waals surface area (Å²) in [5.41, 5.74) is 0.972. The van der Waals surface area contributed by atoms with Crippen molar-refractivity contribution in [3.8, 4) is 18.2 Å². The molecular weight excluding hydrogens is 514 g/mol. The maximum absolute atomic E-state index is 14.0. The number of hydrogen-bond donors (Lipinski definition) is 3. The van der Waals surface area contributed by atoms with E-state index in [2.05, 4.69) is 16.7 Å². The Morgan fingerprint density at radius 1 is 1.07 bits per heavy atom. The zero-order chi connectivity index (χ0) is 29.9. The summed E-state index contributed by atoms with van der Waals surface area (Å²) < 4.78 is 10.3. The van der Waals surface area contributed by atoms with Gasteiger partial charge in [-0.25, -0.2) is 4.79 Å². The van der Waals surface area contributed by atoms with Gasteiger partial charge in [0.25, 0.3) is 5.91 Å². The van der Waals surface area contributed by atoms with Crippen molar-refractivity contribution in [2.24, 2.45) is 0 Å². The molecule has 0 spiro atoms. The number of rotatable bonds is 11. The van der Waals surface area contributed by atoms with Crippen molar-refractivity contribution in [2.75, 3.05) is 13.2 Å². The van der Waals surface area contributed by atoms with Gasteiger partial charge in [-0.05, 0) is 63.4 Å². The van der Waals surface area contributed by atoms with Crippen LogP contribution in [0.3, 0.4) is 0 Å². The highest BCUT2D eigenvalue weighted by atomic mass is 16.6. The summed E-state index contributed by atoms with van der Waals surface area (Å²) in [5, 5.41) is 14.9. The number of phenols is 1. The highest BCUT2D eigenvalue weighted by Gasteiger charge is 2.36. The smallest absolute Gasteiger partial charge is 0.408 e. The van der Waals surface area contributed by atoms with E-state index in [4.69, 9.17) is 15.9 Å². The average molecular weight is 552 g/mol. The molecule has 2 aromatic carbocycles. The van der Waals surface area contributed by atoms with Gasteiger partial charge in [0.05, 0.1) is 13.0 Å². The third-order valence-electron chi connectivity index (χ3n) is 5.67. The number of nitrogens with zero attached hydrogens (tertiary/aromatic N) is 1. The average Bonchev–Trinajstić information content (AvgIpc) is 2.87.